The zero-order chi connectivity index (χ0) is 15.4. The van der Waals surface area contributed by atoms with Gasteiger partial charge < -0.3 is 4.57 Å². The van der Waals surface area contributed by atoms with E-state index in [4.69, 9.17) is 5.21 Å². The minimum Gasteiger partial charge on any atom is -0.337 e. The highest BCUT2D eigenvalue weighted by Gasteiger charge is 2.21. The number of nitrogens with zero attached hydrogens (tertiary/aromatic N) is 1. The van der Waals surface area contributed by atoms with Gasteiger partial charge >= 0.3 is 0 Å². The number of hydrogen-bond acceptors (Lipinski definition) is 2. The van der Waals surface area contributed by atoms with Gasteiger partial charge in [-0.15, -0.1) is 0 Å². The molecule has 1 aromatic heterocycles. The zero-order valence-electron chi connectivity index (χ0n) is 11.9. The van der Waals surface area contributed by atoms with Gasteiger partial charge in [0.2, 0.25) is 0 Å². The second-order valence-electron chi connectivity index (χ2n) is 5.00. The lowest BCUT2D eigenvalue weighted by atomic mass is 10.1. The Balaban J connectivity index is 1.99. The van der Waals surface area contributed by atoms with Crippen LogP contribution in [-0.2, 0) is 4.79 Å². The molecule has 1 heterocycles. The Bertz CT molecular complexity index is 751. The summed E-state index contributed by atoms with van der Waals surface area (Å²) < 4.78 is 1.79. The predicted molar refractivity (Wildman–Crippen MR) is 84.4 cm³/mol. The number of carbonyl (C=O) groups is 1. The topological polar surface area (TPSA) is 54.3 Å². The highest BCUT2D eigenvalue weighted by molar-refractivity contribution is 5.82. The van der Waals surface area contributed by atoms with Gasteiger partial charge in [0.1, 0.15) is 6.04 Å². The summed E-state index contributed by atoms with van der Waals surface area (Å²) in [6.45, 7) is 0. The van der Waals surface area contributed by atoms with Crippen LogP contribution in [0.4, 0.5) is 0 Å². The predicted octanol–water partition coefficient (Wildman–Crippen LogP) is 3.25. The zero-order valence-corrected chi connectivity index (χ0v) is 11.9. The van der Waals surface area contributed by atoms with Gasteiger partial charge in [-0.1, -0.05) is 60.7 Å². The maximum atomic E-state index is 12.1. The van der Waals surface area contributed by atoms with Crippen LogP contribution in [0.25, 0.3) is 11.1 Å². The van der Waals surface area contributed by atoms with E-state index in [1.807, 2.05) is 79.1 Å². The fourth-order valence-corrected chi connectivity index (χ4v) is 2.53. The molecule has 0 aliphatic rings. The lowest BCUT2D eigenvalue weighted by Gasteiger charge is -2.17. The van der Waals surface area contributed by atoms with E-state index in [0.29, 0.717) is 0 Å². The highest BCUT2D eigenvalue weighted by atomic mass is 16.5. The van der Waals surface area contributed by atoms with Crippen LogP contribution in [0.15, 0.2) is 79.1 Å². The number of rotatable bonds is 4. The molecule has 3 rings (SSSR count). The van der Waals surface area contributed by atoms with Gasteiger partial charge in [0.05, 0.1) is 0 Å². The summed E-state index contributed by atoms with van der Waals surface area (Å²) in [6, 6.07) is 20.7. The first kappa shape index (κ1) is 14.1. The van der Waals surface area contributed by atoms with Crippen molar-refractivity contribution in [3.63, 3.8) is 0 Å². The summed E-state index contributed by atoms with van der Waals surface area (Å²) in [4.78, 5) is 12.1. The van der Waals surface area contributed by atoms with E-state index in [0.717, 1.165) is 16.7 Å². The molecular weight excluding hydrogens is 276 g/mol. The standard InChI is InChI=1S/C18H16N2O2/c21-18(19-22)17(15-9-5-2-6-10-15)20-12-11-16(13-20)14-7-3-1-4-8-14/h1-13,17,22H,(H,19,21). The molecule has 0 bridgehead atoms. The van der Waals surface area contributed by atoms with Crippen molar-refractivity contribution in [1.82, 2.24) is 10.0 Å². The average Bonchev–Trinajstić information content (AvgIpc) is 3.06. The lowest BCUT2D eigenvalue weighted by Crippen LogP contribution is -2.30. The van der Waals surface area contributed by atoms with Crippen molar-refractivity contribution in [3.8, 4) is 11.1 Å². The molecule has 0 aliphatic carbocycles. The Morgan fingerprint density at radius 3 is 2.18 bits per heavy atom. The molecule has 1 amide bonds. The fraction of sp³-hybridized carbons (Fsp3) is 0.0556. The quantitative estimate of drug-likeness (QED) is 0.573. The number of aromatic nitrogens is 1. The van der Waals surface area contributed by atoms with Crippen LogP contribution in [0.5, 0.6) is 0 Å². The molecule has 2 aromatic carbocycles. The fourth-order valence-electron chi connectivity index (χ4n) is 2.53. The molecule has 3 aromatic rings. The SMILES string of the molecule is O=C(NO)C(c1ccccc1)n1ccc(-c2ccccc2)c1. The summed E-state index contributed by atoms with van der Waals surface area (Å²) in [5.74, 6) is -0.471. The van der Waals surface area contributed by atoms with Crippen LogP contribution in [0.2, 0.25) is 0 Å². The van der Waals surface area contributed by atoms with Crippen molar-refractivity contribution in [1.29, 1.82) is 0 Å². The number of hydrogen-bond donors (Lipinski definition) is 2. The molecular formula is C18H16N2O2. The molecule has 2 N–H and O–H groups in total. The average molecular weight is 292 g/mol. The Morgan fingerprint density at radius 2 is 1.55 bits per heavy atom. The monoisotopic (exact) mass is 292 g/mol. The number of benzene rings is 2. The minimum atomic E-state index is -0.608. The molecule has 4 heteroatoms. The second-order valence-corrected chi connectivity index (χ2v) is 5.00. The number of carbonyl (C=O) groups excluding carboxylic acids is 1. The highest BCUT2D eigenvalue weighted by Crippen LogP contribution is 2.24. The molecule has 0 saturated carbocycles. The Kier molecular flexibility index (Phi) is 4.03. The number of amides is 1. The van der Waals surface area contributed by atoms with Gasteiger partial charge in [-0.3, -0.25) is 10.0 Å². The van der Waals surface area contributed by atoms with E-state index in [-0.39, 0.29) is 0 Å². The van der Waals surface area contributed by atoms with E-state index in [1.54, 1.807) is 10.0 Å². The van der Waals surface area contributed by atoms with E-state index < -0.39 is 11.9 Å². The molecule has 4 nitrogen and oxygen atoms in total. The molecule has 22 heavy (non-hydrogen) atoms. The van der Waals surface area contributed by atoms with Crippen molar-refractivity contribution in [2.24, 2.45) is 0 Å². The van der Waals surface area contributed by atoms with Crippen molar-refractivity contribution in [3.05, 3.63) is 84.7 Å². The summed E-state index contributed by atoms with van der Waals surface area (Å²) in [7, 11) is 0. The van der Waals surface area contributed by atoms with Crippen molar-refractivity contribution >= 4 is 5.91 Å². The van der Waals surface area contributed by atoms with Gasteiger partial charge in [0, 0.05) is 12.4 Å². The van der Waals surface area contributed by atoms with Gasteiger partial charge in [-0.05, 0) is 22.8 Å². The third-order valence-electron chi connectivity index (χ3n) is 3.59. The van der Waals surface area contributed by atoms with Crippen LogP contribution in [-0.4, -0.2) is 15.7 Å². The van der Waals surface area contributed by atoms with Crippen molar-refractivity contribution in [2.75, 3.05) is 0 Å². The van der Waals surface area contributed by atoms with Gasteiger partial charge in [-0.2, -0.15) is 0 Å². The van der Waals surface area contributed by atoms with Crippen molar-refractivity contribution < 1.29 is 10.0 Å². The van der Waals surface area contributed by atoms with Gasteiger partial charge in [0.15, 0.2) is 0 Å². The molecule has 110 valence electrons. The summed E-state index contributed by atoms with van der Waals surface area (Å²) in [5, 5.41) is 9.04. The van der Waals surface area contributed by atoms with E-state index in [2.05, 4.69) is 0 Å². The first-order chi connectivity index (χ1) is 10.8. The van der Waals surface area contributed by atoms with Crippen LogP contribution < -0.4 is 5.48 Å². The van der Waals surface area contributed by atoms with Crippen LogP contribution >= 0.6 is 0 Å². The molecule has 1 unspecified atom stereocenters. The minimum absolute atomic E-state index is 0.471. The Morgan fingerprint density at radius 1 is 0.909 bits per heavy atom. The third kappa shape index (κ3) is 2.77. The molecule has 0 radical (unpaired) electrons. The number of hydroxylamine groups is 1. The molecule has 0 saturated heterocycles. The summed E-state index contributed by atoms with van der Waals surface area (Å²) in [5.41, 5.74) is 4.66. The Hall–Kier alpha value is -2.85. The third-order valence-corrected chi connectivity index (χ3v) is 3.59. The van der Waals surface area contributed by atoms with Crippen LogP contribution in [0.3, 0.4) is 0 Å². The van der Waals surface area contributed by atoms with Crippen molar-refractivity contribution in [2.45, 2.75) is 6.04 Å². The first-order valence-electron chi connectivity index (χ1n) is 7.01. The maximum Gasteiger partial charge on any atom is 0.270 e. The maximum absolute atomic E-state index is 12.1. The van der Waals surface area contributed by atoms with Crippen LogP contribution in [0.1, 0.15) is 11.6 Å². The van der Waals surface area contributed by atoms with E-state index in [1.165, 1.54) is 0 Å². The van der Waals surface area contributed by atoms with E-state index in [9.17, 15) is 4.79 Å². The molecule has 1 atom stereocenters. The largest absolute Gasteiger partial charge is 0.337 e. The first-order valence-corrected chi connectivity index (χ1v) is 7.01. The second kappa shape index (κ2) is 6.28. The van der Waals surface area contributed by atoms with E-state index >= 15 is 0 Å². The molecule has 0 fully saturated rings. The normalized spacial score (nSPS) is 11.9. The Labute approximate surface area is 128 Å². The van der Waals surface area contributed by atoms with Crippen LogP contribution in [0, 0.1) is 0 Å². The molecule has 0 aliphatic heterocycles. The number of nitrogens with one attached hydrogen (secondary N) is 1. The van der Waals surface area contributed by atoms with Gasteiger partial charge in [-0.25, -0.2) is 5.48 Å². The molecule has 0 spiro atoms. The lowest BCUT2D eigenvalue weighted by molar-refractivity contribution is -0.131. The summed E-state index contributed by atoms with van der Waals surface area (Å²) >= 11 is 0. The smallest absolute Gasteiger partial charge is 0.270 e. The van der Waals surface area contributed by atoms with Gasteiger partial charge in [0.25, 0.3) is 5.91 Å². The summed E-state index contributed by atoms with van der Waals surface area (Å²) in [6.07, 6.45) is 3.75.